The van der Waals surface area contributed by atoms with Gasteiger partial charge >= 0.3 is 0 Å². The Bertz CT molecular complexity index is 208. The first-order chi connectivity index (χ1) is 7.06. The summed E-state index contributed by atoms with van der Waals surface area (Å²) in [5, 5.41) is 0. The highest BCUT2D eigenvalue weighted by molar-refractivity contribution is 5.85. The summed E-state index contributed by atoms with van der Waals surface area (Å²) >= 11 is 0. The predicted octanol–water partition coefficient (Wildman–Crippen LogP) is 1.71. The van der Waals surface area contributed by atoms with Crippen LogP contribution in [0.4, 0.5) is 0 Å². The van der Waals surface area contributed by atoms with E-state index in [-0.39, 0.29) is 5.41 Å². The molecule has 0 atom stereocenters. The van der Waals surface area contributed by atoms with Crippen molar-refractivity contribution in [2.45, 2.75) is 33.6 Å². The molecule has 0 spiro atoms. The average molecular weight is 213 g/mol. The molecule has 88 valence electrons. The van der Waals surface area contributed by atoms with Crippen LogP contribution in [0, 0.1) is 5.41 Å². The first kappa shape index (κ1) is 12.7. The third-order valence-corrected chi connectivity index (χ3v) is 3.10. The fourth-order valence-corrected chi connectivity index (χ4v) is 1.94. The van der Waals surface area contributed by atoms with E-state index in [2.05, 4.69) is 25.7 Å². The van der Waals surface area contributed by atoms with Gasteiger partial charge in [0.2, 0.25) is 0 Å². The van der Waals surface area contributed by atoms with Crippen LogP contribution < -0.4 is 0 Å². The Morgan fingerprint density at radius 3 is 2.47 bits per heavy atom. The average Bonchev–Trinajstić information content (AvgIpc) is 2.19. The summed E-state index contributed by atoms with van der Waals surface area (Å²) in [5.74, 6) is 0.367. The highest BCUT2D eigenvalue weighted by Crippen LogP contribution is 2.23. The fraction of sp³-hybridized carbons (Fsp3) is 0.917. The van der Waals surface area contributed by atoms with Gasteiger partial charge in [-0.3, -0.25) is 9.69 Å². The lowest BCUT2D eigenvalue weighted by atomic mass is 9.83. The number of nitrogens with zero attached hydrogens (tertiary/aromatic N) is 1. The van der Waals surface area contributed by atoms with Gasteiger partial charge in [-0.2, -0.15) is 0 Å². The summed E-state index contributed by atoms with van der Waals surface area (Å²) in [5.41, 5.74) is -0.160. The van der Waals surface area contributed by atoms with E-state index in [4.69, 9.17) is 4.74 Å². The molecule has 0 radical (unpaired) electrons. The minimum Gasteiger partial charge on any atom is -0.379 e. The van der Waals surface area contributed by atoms with E-state index in [0.29, 0.717) is 12.3 Å². The number of Topliss-reactive ketones (excluding diaryl/α,β-unsaturated/α-hetero) is 1. The lowest BCUT2D eigenvalue weighted by Crippen LogP contribution is -2.43. The normalized spacial score (nSPS) is 19.1. The monoisotopic (exact) mass is 213 g/mol. The van der Waals surface area contributed by atoms with Crippen molar-refractivity contribution in [2.75, 3.05) is 32.8 Å². The van der Waals surface area contributed by atoms with E-state index in [1.165, 1.54) is 0 Å². The quantitative estimate of drug-likeness (QED) is 0.696. The van der Waals surface area contributed by atoms with Gasteiger partial charge in [-0.1, -0.05) is 27.2 Å². The largest absolute Gasteiger partial charge is 0.379 e. The predicted molar refractivity (Wildman–Crippen MR) is 61.0 cm³/mol. The smallest absolute Gasteiger partial charge is 0.152 e. The summed E-state index contributed by atoms with van der Waals surface area (Å²) < 4.78 is 5.26. The van der Waals surface area contributed by atoms with Crippen LogP contribution in [0.2, 0.25) is 0 Å². The maximum atomic E-state index is 12.0. The molecular weight excluding hydrogens is 190 g/mol. The molecule has 1 saturated heterocycles. The molecule has 1 rings (SSSR count). The molecule has 0 aliphatic carbocycles. The van der Waals surface area contributed by atoms with Crippen LogP contribution in [0.5, 0.6) is 0 Å². The Balaban J connectivity index is 2.39. The molecule has 0 N–H and O–H groups in total. The molecular formula is C12H23NO2. The maximum Gasteiger partial charge on any atom is 0.152 e. The van der Waals surface area contributed by atoms with Crippen LogP contribution in [0.1, 0.15) is 33.6 Å². The first-order valence-corrected chi connectivity index (χ1v) is 5.89. The van der Waals surface area contributed by atoms with Gasteiger partial charge in [-0.25, -0.2) is 0 Å². The molecule has 1 fully saturated rings. The molecule has 1 heterocycles. The van der Waals surface area contributed by atoms with Crippen LogP contribution in [0.3, 0.4) is 0 Å². The summed E-state index contributed by atoms with van der Waals surface area (Å²) in [4.78, 5) is 14.2. The van der Waals surface area contributed by atoms with E-state index in [0.717, 1.165) is 39.1 Å². The van der Waals surface area contributed by atoms with Gasteiger partial charge in [-0.15, -0.1) is 0 Å². The fourth-order valence-electron chi connectivity index (χ4n) is 1.94. The molecule has 0 bridgehead atoms. The van der Waals surface area contributed by atoms with E-state index in [9.17, 15) is 4.79 Å². The number of hydrogen-bond donors (Lipinski definition) is 0. The molecule has 0 aromatic heterocycles. The Hall–Kier alpha value is -0.410. The van der Waals surface area contributed by atoms with Crippen molar-refractivity contribution in [2.24, 2.45) is 5.41 Å². The van der Waals surface area contributed by atoms with Gasteiger partial charge in [0.1, 0.15) is 0 Å². The number of hydrogen-bond acceptors (Lipinski definition) is 3. The Labute approximate surface area is 92.8 Å². The van der Waals surface area contributed by atoms with Crippen LogP contribution in [0.25, 0.3) is 0 Å². The SMILES string of the molecule is CCCC(C)(C)C(=O)CN1CCOCC1. The zero-order valence-electron chi connectivity index (χ0n) is 10.2. The zero-order valence-corrected chi connectivity index (χ0v) is 10.2. The summed E-state index contributed by atoms with van der Waals surface area (Å²) in [7, 11) is 0. The first-order valence-electron chi connectivity index (χ1n) is 5.89. The molecule has 0 aromatic carbocycles. The van der Waals surface area contributed by atoms with Crippen molar-refractivity contribution >= 4 is 5.78 Å². The molecule has 3 nitrogen and oxygen atoms in total. The zero-order chi connectivity index (χ0) is 11.3. The number of carbonyl (C=O) groups is 1. The van der Waals surface area contributed by atoms with Gasteiger partial charge in [0.05, 0.1) is 19.8 Å². The Morgan fingerprint density at radius 2 is 1.93 bits per heavy atom. The van der Waals surface area contributed by atoms with Gasteiger partial charge in [-0.05, 0) is 6.42 Å². The van der Waals surface area contributed by atoms with Gasteiger partial charge in [0.25, 0.3) is 0 Å². The van der Waals surface area contributed by atoms with Gasteiger partial charge in [0, 0.05) is 18.5 Å². The van der Waals surface area contributed by atoms with E-state index < -0.39 is 0 Å². The number of morpholine rings is 1. The third-order valence-electron chi connectivity index (χ3n) is 3.10. The molecule has 0 aromatic rings. The summed E-state index contributed by atoms with van der Waals surface area (Å²) in [6.45, 7) is 10.2. The molecule has 1 aliphatic rings. The Kier molecular flexibility index (Phi) is 4.74. The lowest BCUT2D eigenvalue weighted by molar-refractivity contribution is -0.129. The Morgan fingerprint density at radius 1 is 1.33 bits per heavy atom. The van der Waals surface area contributed by atoms with Crippen molar-refractivity contribution in [3.8, 4) is 0 Å². The molecule has 0 amide bonds. The molecule has 0 unspecified atom stereocenters. The van der Waals surface area contributed by atoms with Crippen LogP contribution in [-0.2, 0) is 9.53 Å². The standard InChI is InChI=1S/C12H23NO2/c1-4-5-12(2,3)11(14)10-13-6-8-15-9-7-13/h4-10H2,1-3H3. The summed E-state index contributed by atoms with van der Waals surface area (Å²) in [6, 6.07) is 0. The highest BCUT2D eigenvalue weighted by Gasteiger charge is 2.28. The van der Waals surface area contributed by atoms with Crippen LogP contribution >= 0.6 is 0 Å². The van der Waals surface area contributed by atoms with Crippen molar-refractivity contribution in [3.63, 3.8) is 0 Å². The minimum absolute atomic E-state index is 0.160. The van der Waals surface area contributed by atoms with Crippen molar-refractivity contribution in [1.82, 2.24) is 4.90 Å². The molecule has 0 saturated carbocycles. The number of ketones is 1. The van der Waals surface area contributed by atoms with Crippen molar-refractivity contribution in [3.05, 3.63) is 0 Å². The molecule has 15 heavy (non-hydrogen) atoms. The van der Waals surface area contributed by atoms with E-state index >= 15 is 0 Å². The number of ether oxygens (including phenoxy) is 1. The molecule has 1 aliphatic heterocycles. The second-order valence-electron chi connectivity index (χ2n) is 4.95. The topological polar surface area (TPSA) is 29.5 Å². The summed E-state index contributed by atoms with van der Waals surface area (Å²) in [6.07, 6.45) is 2.05. The third kappa shape index (κ3) is 3.92. The van der Waals surface area contributed by atoms with Gasteiger partial charge in [0.15, 0.2) is 5.78 Å². The van der Waals surface area contributed by atoms with Crippen LogP contribution in [0.15, 0.2) is 0 Å². The van der Waals surface area contributed by atoms with Gasteiger partial charge < -0.3 is 4.74 Å². The second kappa shape index (κ2) is 5.61. The van der Waals surface area contributed by atoms with Crippen molar-refractivity contribution in [1.29, 1.82) is 0 Å². The lowest BCUT2D eigenvalue weighted by Gasteiger charge is -2.30. The van der Waals surface area contributed by atoms with E-state index in [1.54, 1.807) is 0 Å². The highest BCUT2D eigenvalue weighted by atomic mass is 16.5. The van der Waals surface area contributed by atoms with Crippen molar-refractivity contribution < 1.29 is 9.53 Å². The molecule has 3 heteroatoms. The number of rotatable bonds is 5. The van der Waals surface area contributed by atoms with Crippen LogP contribution in [-0.4, -0.2) is 43.5 Å². The van der Waals surface area contributed by atoms with E-state index in [1.807, 2.05) is 0 Å². The second-order valence-corrected chi connectivity index (χ2v) is 4.95. The number of carbonyl (C=O) groups excluding carboxylic acids is 1. The minimum atomic E-state index is -0.160. The maximum absolute atomic E-state index is 12.0.